The number of nitrogens with zero attached hydrogens (tertiary/aromatic N) is 3. The molecule has 0 radical (unpaired) electrons. The maximum absolute atomic E-state index is 13.0. The summed E-state index contributed by atoms with van der Waals surface area (Å²) in [6, 6.07) is 16.9. The van der Waals surface area contributed by atoms with E-state index in [1.54, 1.807) is 22.6 Å². The predicted molar refractivity (Wildman–Crippen MR) is 116 cm³/mol. The van der Waals surface area contributed by atoms with E-state index in [1.807, 2.05) is 55.5 Å². The maximum atomic E-state index is 13.0. The molecule has 0 saturated heterocycles. The number of unbranched alkanes of at least 4 members (excludes halogenated alkanes) is 1. The maximum Gasteiger partial charge on any atom is 0.262 e. The molecule has 0 N–H and O–H groups in total. The molecule has 0 bridgehead atoms. The Morgan fingerprint density at radius 1 is 1.14 bits per heavy atom. The van der Waals surface area contributed by atoms with Crippen LogP contribution in [0.4, 0.5) is 5.69 Å². The van der Waals surface area contributed by atoms with Gasteiger partial charge >= 0.3 is 0 Å². The number of fused-ring (bicyclic) bond motifs is 1. The molecule has 5 nitrogen and oxygen atoms in total. The third-order valence-corrected chi connectivity index (χ3v) is 5.74. The first-order chi connectivity index (χ1) is 13.5. The average molecular weight is 396 g/mol. The number of benzene rings is 2. The van der Waals surface area contributed by atoms with Crippen molar-refractivity contribution in [2.24, 2.45) is 0 Å². The van der Waals surface area contributed by atoms with Crippen molar-refractivity contribution in [3.8, 4) is 0 Å². The van der Waals surface area contributed by atoms with Gasteiger partial charge in [0.25, 0.3) is 5.56 Å². The Kier molecular flexibility index (Phi) is 6.52. The van der Waals surface area contributed by atoms with Crippen LogP contribution in [0.1, 0.15) is 26.7 Å². The van der Waals surface area contributed by atoms with Gasteiger partial charge in [0.05, 0.1) is 16.2 Å². The zero-order valence-corrected chi connectivity index (χ0v) is 17.3. The van der Waals surface area contributed by atoms with E-state index in [2.05, 4.69) is 6.92 Å². The zero-order valence-electron chi connectivity index (χ0n) is 16.5. The zero-order chi connectivity index (χ0) is 20.1. The number of carbonyl (C=O) groups is 1. The predicted octanol–water partition coefficient (Wildman–Crippen LogP) is 4.34. The van der Waals surface area contributed by atoms with Gasteiger partial charge in [-0.1, -0.05) is 55.4 Å². The second kappa shape index (κ2) is 9.06. The van der Waals surface area contributed by atoms with E-state index in [-0.39, 0.29) is 16.7 Å². The van der Waals surface area contributed by atoms with Crippen molar-refractivity contribution in [3.63, 3.8) is 0 Å². The summed E-state index contributed by atoms with van der Waals surface area (Å²) in [4.78, 5) is 32.2. The van der Waals surface area contributed by atoms with Crippen LogP contribution in [-0.4, -0.2) is 27.8 Å². The third kappa shape index (κ3) is 4.28. The van der Waals surface area contributed by atoms with Gasteiger partial charge in [-0.3, -0.25) is 14.2 Å². The molecule has 0 unspecified atom stereocenters. The fourth-order valence-corrected chi connectivity index (χ4v) is 4.04. The van der Waals surface area contributed by atoms with Gasteiger partial charge in [-0.05, 0) is 37.6 Å². The highest BCUT2D eigenvalue weighted by molar-refractivity contribution is 8.00. The van der Waals surface area contributed by atoms with Gasteiger partial charge in [-0.15, -0.1) is 0 Å². The summed E-state index contributed by atoms with van der Waals surface area (Å²) >= 11 is 1.34. The summed E-state index contributed by atoms with van der Waals surface area (Å²) in [5.74, 6) is -0.0272. The van der Waals surface area contributed by atoms with Crippen molar-refractivity contribution in [1.82, 2.24) is 9.55 Å². The van der Waals surface area contributed by atoms with E-state index < -0.39 is 0 Å². The molecule has 6 heteroatoms. The Balaban J connectivity index is 1.91. The second-order valence-electron chi connectivity index (χ2n) is 6.71. The van der Waals surface area contributed by atoms with Gasteiger partial charge in [-0.2, -0.15) is 0 Å². The van der Waals surface area contributed by atoms with Gasteiger partial charge in [-0.25, -0.2) is 4.98 Å². The molecule has 1 atom stereocenters. The number of rotatable bonds is 7. The number of anilines is 1. The molecule has 0 aliphatic carbocycles. The Bertz CT molecular complexity index is 1020. The molecule has 1 aromatic heterocycles. The van der Waals surface area contributed by atoms with Crippen LogP contribution in [0.15, 0.2) is 64.5 Å². The molecule has 0 spiro atoms. The van der Waals surface area contributed by atoms with Crippen molar-refractivity contribution < 1.29 is 4.79 Å². The fourth-order valence-electron chi connectivity index (χ4n) is 3.01. The van der Waals surface area contributed by atoms with Crippen molar-refractivity contribution >= 4 is 34.3 Å². The number of para-hydroxylation sites is 2. The number of amides is 1. The molecule has 0 aliphatic heterocycles. The topological polar surface area (TPSA) is 55.2 Å². The van der Waals surface area contributed by atoms with Crippen LogP contribution in [0.25, 0.3) is 10.9 Å². The van der Waals surface area contributed by atoms with E-state index in [0.29, 0.717) is 22.6 Å². The Morgan fingerprint density at radius 3 is 2.54 bits per heavy atom. The Hall–Kier alpha value is -2.60. The highest BCUT2D eigenvalue weighted by Crippen LogP contribution is 2.25. The van der Waals surface area contributed by atoms with Crippen LogP contribution < -0.4 is 10.5 Å². The van der Waals surface area contributed by atoms with Gasteiger partial charge in [0, 0.05) is 19.3 Å². The van der Waals surface area contributed by atoms with Crippen molar-refractivity contribution in [3.05, 3.63) is 65.0 Å². The lowest BCUT2D eigenvalue weighted by molar-refractivity contribution is -0.117. The molecule has 0 saturated carbocycles. The fraction of sp³-hybridized carbons (Fsp3) is 0.318. The van der Waals surface area contributed by atoms with Crippen molar-refractivity contribution in [1.29, 1.82) is 0 Å². The molecule has 1 amide bonds. The van der Waals surface area contributed by atoms with E-state index in [9.17, 15) is 9.59 Å². The molecule has 3 rings (SSSR count). The number of aromatic nitrogens is 2. The molecular weight excluding hydrogens is 370 g/mol. The minimum atomic E-state index is -0.369. The Morgan fingerprint density at radius 2 is 1.82 bits per heavy atom. The van der Waals surface area contributed by atoms with Crippen molar-refractivity contribution in [2.75, 3.05) is 11.9 Å². The van der Waals surface area contributed by atoms with E-state index in [1.165, 1.54) is 11.8 Å². The lowest BCUT2D eigenvalue weighted by atomic mass is 10.2. The first-order valence-electron chi connectivity index (χ1n) is 9.51. The van der Waals surface area contributed by atoms with Crippen LogP contribution in [0, 0.1) is 0 Å². The molecule has 0 aliphatic rings. The van der Waals surface area contributed by atoms with Gasteiger partial charge in [0.15, 0.2) is 5.16 Å². The highest BCUT2D eigenvalue weighted by atomic mass is 32.2. The van der Waals surface area contributed by atoms with Crippen LogP contribution in [0.2, 0.25) is 0 Å². The van der Waals surface area contributed by atoms with Crippen LogP contribution in [0.3, 0.4) is 0 Å². The van der Waals surface area contributed by atoms with Gasteiger partial charge < -0.3 is 4.90 Å². The molecule has 3 aromatic rings. The monoisotopic (exact) mass is 395 g/mol. The summed E-state index contributed by atoms with van der Waals surface area (Å²) in [6.45, 7) is 4.55. The van der Waals surface area contributed by atoms with Crippen LogP contribution in [-0.2, 0) is 11.3 Å². The smallest absolute Gasteiger partial charge is 0.262 e. The number of hydrogen-bond donors (Lipinski definition) is 0. The van der Waals surface area contributed by atoms with Crippen LogP contribution >= 0.6 is 11.8 Å². The van der Waals surface area contributed by atoms with E-state index in [4.69, 9.17) is 4.98 Å². The number of hydrogen-bond acceptors (Lipinski definition) is 4. The summed E-state index contributed by atoms with van der Waals surface area (Å²) < 4.78 is 1.71. The van der Waals surface area contributed by atoms with Crippen LogP contribution in [0.5, 0.6) is 0 Å². The normalized spacial score (nSPS) is 12.1. The van der Waals surface area contributed by atoms with Gasteiger partial charge in [0.1, 0.15) is 0 Å². The molecule has 0 fully saturated rings. The summed E-state index contributed by atoms with van der Waals surface area (Å²) in [5, 5.41) is 0.842. The first kappa shape index (κ1) is 20.1. The molecule has 28 heavy (non-hydrogen) atoms. The summed E-state index contributed by atoms with van der Waals surface area (Å²) in [5.41, 5.74) is 1.46. The lowest BCUT2D eigenvalue weighted by Gasteiger charge is -2.22. The average Bonchev–Trinajstić information content (AvgIpc) is 2.73. The lowest BCUT2D eigenvalue weighted by Crippen LogP contribution is -2.34. The largest absolute Gasteiger partial charge is 0.315 e. The van der Waals surface area contributed by atoms with Crippen molar-refractivity contribution in [2.45, 2.75) is 43.6 Å². The first-order valence-corrected chi connectivity index (χ1v) is 10.4. The molecule has 2 aromatic carbocycles. The molecule has 1 heterocycles. The summed E-state index contributed by atoms with van der Waals surface area (Å²) in [6.07, 6.45) is 1.87. The second-order valence-corrected chi connectivity index (χ2v) is 8.02. The highest BCUT2D eigenvalue weighted by Gasteiger charge is 2.22. The third-order valence-electron chi connectivity index (χ3n) is 4.67. The number of thioether (sulfide) groups is 1. The Labute approximate surface area is 169 Å². The molecule has 146 valence electrons. The summed E-state index contributed by atoms with van der Waals surface area (Å²) in [7, 11) is 1.77. The number of carbonyl (C=O) groups excluding carboxylic acids is 1. The van der Waals surface area contributed by atoms with Gasteiger partial charge in [0.2, 0.25) is 5.91 Å². The van der Waals surface area contributed by atoms with E-state index in [0.717, 1.165) is 18.5 Å². The quantitative estimate of drug-likeness (QED) is 0.441. The minimum absolute atomic E-state index is 0.0272. The standard InChI is InChI=1S/C22H25N3O2S/c1-4-5-15-25-21(27)18-13-9-10-14-19(18)23-22(25)28-16(2)20(26)24(3)17-11-7-6-8-12-17/h6-14,16H,4-5,15H2,1-3H3/t16-/m1/s1. The minimum Gasteiger partial charge on any atom is -0.315 e. The van der Waals surface area contributed by atoms with E-state index >= 15 is 0 Å². The molecular formula is C22H25N3O2S. The SMILES string of the molecule is CCCCn1c(S[C@H](C)C(=O)N(C)c2ccccc2)nc2ccccc2c1=O.